The van der Waals surface area contributed by atoms with Crippen LogP contribution in [0.5, 0.6) is 0 Å². The molecule has 3 saturated carbocycles. The average Bonchev–Trinajstić information content (AvgIpc) is 2.89. The molecule has 24 heavy (non-hydrogen) atoms. The van der Waals surface area contributed by atoms with Gasteiger partial charge >= 0.3 is 0 Å². The summed E-state index contributed by atoms with van der Waals surface area (Å²) < 4.78 is 0. The quantitative estimate of drug-likeness (QED) is 0.642. The van der Waals surface area contributed by atoms with E-state index in [2.05, 4.69) is 6.58 Å². The van der Waals surface area contributed by atoms with Gasteiger partial charge in [-0.15, -0.1) is 6.58 Å². The topological polar surface area (TPSA) is 77.8 Å². The molecule has 3 aliphatic rings. The second-order valence-corrected chi connectivity index (χ2v) is 9.19. The third-order valence-corrected chi connectivity index (χ3v) is 8.36. The zero-order valence-corrected chi connectivity index (χ0v) is 15.3. The first-order chi connectivity index (χ1) is 11.1. The molecule has 3 N–H and O–H groups in total. The monoisotopic (exact) mass is 336 g/mol. The van der Waals surface area contributed by atoms with Crippen molar-refractivity contribution in [3.8, 4) is 0 Å². The van der Waals surface area contributed by atoms with E-state index in [9.17, 15) is 20.1 Å². The lowest BCUT2D eigenvalue weighted by atomic mass is 9.43. The number of aliphatic hydroxyl groups excluding tert-OH is 3. The maximum atomic E-state index is 12.9. The predicted molar refractivity (Wildman–Crippen MR) is 92.2 cm³/mol. The van der Waals surface area contributed by atoms with E-state index in [-0.39, 0.29) is 17.6 Å². The fraction of sp³-hybridized carbons (Fsp3) is 0.850. The molecule has 0 aromatic carbocycles. The van der Waals surface area contributed by atoms with Crippen molar-refractivity contribution >= 4 is 5.78 Å². The molecule has 0 aromatic heterocycles. The smallest absolute Gasteiger partial charge is 0.137 e. The predicted octanol–water partition coefficient (Wildman–Crippen LogP) is 2.31. The number of carbonyl (C=O) groups excluding carboxylic acids is 1. The Balaban J connectivity index is 2.25. The van der Waals surface area contributed by atoms with Gasteiger partial charge in [0, 0.05) is 28.6 Å². The van der Waals surface area contributed by atoms with Gasteiger partial charge in [-0.2, -0.15) is 0 Å². The maximum Gasteiger partial charge on any atom is 0.137 e. The molecule has 0 unspecified atom stereocenters. The number of hydrogen-bond donors (Lipinski definition) is 3. The van der Waals surface area contributed by atoms with Crippen LogP contribution in [0, 0.1) is 34.0 Å². The van der Waals surface area contributed by atoms with E-state index < -0.39 is 40.5 Å². The number of ketones is 1. The van der Waals surface area contributed by atoms with E-state index >= 15 is 0 Å². The summed E-state index contributed by atoms with van der Waals surface area (Å²) in [6.45, 7) is 11.8. The Morgan fingerprint density at radius 3 is 2.38 bits per heavy atom. The molecule has 0 aromatic rings. The second-order valence-electron chi connectivity index (χ2n) is 9.19. The highest BCUT2D eigenvalue weighted by molar-refractivity contribution is 5.85. The standard InChI is InChI=1S/C20H32O4/c1-6-18(4)10-15(23)19(5)11(2)9-14(22)20(12(3)17(18)24)8-7-13(21)16(19)20/h6,11-12,14-17,22-24H,1,7-10H2,2-5H3/t11-,12+,14+,15-,16+,17+,18-,19-,20+/m1/s1. The normalized spacial score (nSPS) is 57.9. The Morgan fingerprint density at radius 1 is 1.17 bits per heavy atom. The van der Waals surface area contributed by atoms with E-state index in [1.54, 1.807) is 6.08 Å². The van der Waals surface area contributed by atoms with Crippen molar-refractivity contribution < 1.29 is 20.1 Å². The van der Waals surface area contributed by atoms with Gasteiger partial charge in [0.2, 0.25) is 0 Å². The molecular weight excluding hydrogens is 304 g/mol. The van der Waals surface area contributed by atoms with Crippen molar-refractivity contribution in [3.05, 3.63) is 12.7 Å². The van der Waals surface area contributed by atoms with Crippen LogP contribution in [0.1, 0.15) is 53.4 Å². The van der Waals surface area contributed by atoms with Gasteiger partial charge in [-0.25, -0.2) is 0 Å². The molecule has 0 spiro atoms. The van der Waals surface area contributed by atoms with E-state index in [1.807, 2.05) is 27.7 Å². The third-order valence-electron chi connectivity index (χ3n) is 8.36. The van der Waals surface area contributed by atoms with Gasteiger partial charge in [-0.05, 0) is 31.1 Å². The zero-order valence-electron chi connectivity index (χ0n) is 15.3. The molecule has 3 aliphatic carbocycles. The number of rotatable bonds is 1. The van der Waals surface area contributed by atoms with Gasteiger partial charge in [-0.3, -0.25) is 4.79 Å². The minimum Gasteiger partial charge on any atom is -0.393 e. The number of aliphatic hydroxyl groups is 3. The zero-order chi connectivity index (χ0) is 18.1. The van der Waals surface area contributed by atoms with Crippen LogP contribution >= 0.6 is 0 Å². The van der Waals surface area contributed by atoms with Crippen molar-refractivity contribution in [2.45, 2.75) is 71.7 Å². The fourth-order valence-electron chi connectivity index (χ4n) is 6.45. The Bertz CT molecular complexity index is 560. The number of hydrogen-bond acceptors (Lipinski definition) is 4. The lowest BCUT2D eigenvalue weighted by Gasteiger charge is -2.63. The molecule has 4 nitrogen and oxygen atoms in total. The van der Waals surface area contributed by atoms with E-state index in [0.717, 1.165) is 0 Å². The molecule has 9 atom stereocenters. The van der Waals surface area contributed by atoms with Crippen LogP contribution < -0.4 is 0 Å². The highest BCUT2D eigenvalue weighted by atomic mass is 16.3. The van der Waals surface area contributed by atoms with Crippen molar-refractivity contribution in [1.29, 1.82) is 0 Å². The molecule has 0 aliphatic heterocycles. The first-order valence-electron chi connectivity index (χ1n) is 9.26. The van der Waals surface area contributed by atoms with E-state index in [1.165, 1.54) is 0 Å². The molecule has 0 saturated heterocycles. The van der Waals surface area contributed by atoms with Crippen molar-refractivity contribution in [2.75, 3.05) is 0 Å². The Labute approximate surface area is 145 Å². The van der Waals surface area contributed by atoms with Crippen LogP contribution in [0.25, 0.3) is 0 Å². The van der Waals surface area contributed by atoms with Gasteiger partial charge in [0.15, 0.2) is 0 Å². The van der Waals surface area contributed by atoms with Crippen molar-refractivity contribution in [2.24, 2.45) is 34.0 Å². The molecule has 2 bridgehead atoms. The Hall–Kier alpha value is -0.710. The molecule has 136 valence electrons. The summed E-state index contributed by atoms with van der Waals surface area (Å²) in [7, 11) is 0. The van der Waals surface area contributed by atoms with Crippen LogP contribution in [0.3, 0.4) is 0 Å². The van der Waals surface area contributed by atoms with Crippen LogP contribution in [-0.2, 0) is 4.79 Å². The minimum atomic E-state index is -0.745. The summed E-state index contributed by atoms with van der Waals surface area (Å²) in [4.78, 5) is 12.9. The summed E-state index contributed by atoms with van der Waals surface area (Å²) in [5.74, 6) is -0.438. The number of Topliss-reactive ketones (excluding diaryl/α,β-unsaturated/α-hetero) is 1. The average molecular weight is 336 g/mol. The summed E-state index contributed by atoms with van der Waals surface area (Å²) in [5.41, 5.74) is -1.87. The van der Waals surface area contributed by atoms with Crippen LogP contribution in [0.2, 0.25) is 0 Å². The van der Waals surface area contributed by atoms with Gasteiger partial charge in [-0.1, -0.05) is 33.8 Å². The first kappa shape index (κ1) is 18.1. The molecular formula is C20H32O4. The summed E-state index contributed by atoms with van der Waals surface area (Å²) >= 11 is 0. The summed E-state index contributed by atoms with van der Waals surface area (Å²) in [6, 6.07) is 0. The van der Waals surface area contributed by atoms with E-state index in [4.69, 9.17) is 0 Å². The summed E-state index contributed by atoms with van der Waals surface area (Å²) in [5, 5.41) is 33.4. The Morgan fingerprint density at radius 2 is 1.79 bits per heavy atom. The minimum absolute atomic E-state index is 0.0409. The third kappa shape index (κ3) is 1.94. The molecule has 0 heterocycles. The Kier molecular flexibility index (Phi) is 4.06. The molecule has 3 rings (SSSR count). The fourth-order valence-corrected chi connectivity index (χ4v) is 6.45. The molecule has 3 fully saturated rings. The van der Waals surface area contributed by atoms with Gasteiger partial charge < -0.3 is 15.3 Å². The van der Waals surface area contributed by atoms with Crippen molar-refractivity contribution in [1.82, 2.24) is 0 Å². The lowest BCUT2D eigenvalue weighted by molar-refractivity contribution is -0.225. The largest absolute Gasteiger partial charge is 0.393 e. The highest BCUT2D eigenvalue weighted by Gasteiger charge is 2.70. The van der Waals surface area contributed by atoms with Crippen molar-refractivity contribution in [3.63, 3.8) is 0 Å². The van der Waals surface area contributed by atoms with Gasteiger partial charge in [0.1, 0.15) is 5.78 Å². The van der Waals surface area contributed by atoms with Gasteiger partial charge in [0.05, 0.1) is 18.3 Å². The van der Waals surface area contributed by atoms with Crippen LogP contribution in [-0.4, -0.2) is 39.4 Å². The molecule has 4 heteroatoms. The second kappa shape index (κ2) is 5.39. The highest BCUT2D eigenvalue weighted by Crippen LogP contribution is 2.67. The summed E-state index contributed by atoms with van der Waals surface area (Å²) in [6.07, 6.45) is 1.64. The maximum absolute atomic E-state index is 12.9. The van der Waals surface area contributed by atoms with Gasteiger partial charge in [0.25, 0.3) is 0 Å². The number of carbonyl (C=O) groups is 1. The van der Waals surface area contributed by atoms with Crippen LogP contribution in [0.15, 0.2) is 12.7 Å². The molecule has 0 amide bonds. The van der Waals surface area contributed by atoms with Crippen LogP contribution in [0.4, 0.5) is 0 Å². The first-order valence-corrected chi connectivity index (χ1v) is 9.26. The lowest BCUT2D eigenvalue weighted by Crippen LogP contribution is -2.66. The SMILES string of the molecule is C=C[C@]1(C)C[C@@H](O)[C@@]2(C)[C@H](C)C[C@H](O)[C@]3(CCC(=O)[C@@H]23)[C@@H](C)[C@@H]1O. The molecule has 0 radical (unpaired) electrons. The van der Waals surface area contributed by atoms with E-state index in [0.29, 0.717) is 25.7 Å².